The number of ether oxygens (including phenoxy) is 2. The summed E-state index contributed by atoms with van der Waals surface area (Å²) >= 11 is 0. The van der Waals surface area contributed by atoms with Gasteiger partial charge in [-0.05, 0) is 49.6 Å². The maximum atomic E-state index is 12.4. The number of carbonyl (C=O) groups excluding carboxylic acids is 1. The van der Waals surface area contributed by atoms with Crippen LogP contribution in [0.3, 0.4) is 0 Å². The summed E-state index contributed by atoms with van der Waals surface area (Å²) in [5, 5.41) is 7.69. The van der Waals surface area contributed by atoms with Crippen LogP contribution < -0.4 is 25.8 Å². The fraction of sp³-hybridized carbons (Fsp3) is 0.286. The molecule has 4 aromatic rings. The zero-order valence-corrected chi connectivity index (χ0v) is 20.9. The Bertz CT molecular complexity index is 1340. The van der Waals surface area contributed by atoms with Crippen LogP contribution in [0.2, 0.25) is 0 Å². The van der Waals surface area contributed by atoms with Crippen molar-refractivity contribution in [2.75, 3.05) is 18.5 Å². The van der Waals surface area contributed by atoms with E-state index in [9.17, 15) is 4.79 Å². The number of aromatic nitrogens is 1. The molecule has 0 fully saturated rings. The second-order valence-electron chi connectivity index (χ2n) is 8.25. The highest BCUT2D eigenvalue weighted by molar-refractivity contribution is 6.08. The molecular weight excluding hydrogens is 456 g/mol. The van der Waals surface area contributed by atoms with E-state index in [0.717, 1.165) is 28.6 Å². The number of nitrogens with two attached hydrogens (primary N) is 1. The molecule has 2 aromatic heterocycles. The summed E-state index contributed by atoms with van der Waals surface area (Å²) in [6.07, 6.45) is 5.71. The fourth-order valence-corrected chi connectivity index (χ4v) is 4.26. The lowest BCUT2D eigenvalue weighted by Crippen LogP contribution is -2.16. The normalized spacial score (nSPS) is 11.0. The molecule has 4 N–H and O–H groups in total. The molecule has 1 amide bonds. The number of pyridine rings is 1. The van der Waals surface area contributed by atoms with Crippen LogP contribution in [0.4, 0.5) is 11.4 Å². The third-order valence-corrected chi connectivity index (χ3v) is 5.91. The lowest BCUT2D eigenvalue weighted by molar-refractivity contribution is 0.100. The molecule has 0 saturated heterocycles. The van der Waals surface area contributed by atoms with E-state index in [1.54, 1.807) is 12.5 Å². The van der Waals surface area contributed by atoms with Gasteiger partial charge in [-0.25, -0.2) is 0 Å². The van der Waals surface area contributed by atoms with Crippen LogP contribution in [0.25, 0.3) is 10.9 Å². The summed E-state index contributed by atoms with van der Waals surface area (Å²) < 4.78 is 16.7. The van der Waals surface area contributed by atoms with Gasteiger partial charge in [0.25, 0.3) is 5.91 Å². The molecule has 0 aliphatic heterocycles. The molecule has 36 heavy (non-hydrogen) atoms. The molecule has 2 heterocycles. The summed E-state index contributed by atoms with van der Waals surface area (Å²) in [6, 6.07) is 11.7. The maximum Gasteiger partial charge on any atom is 0.252 e. The predicted octanol–water partition coefficient (Wildman–Crippen LogP) is 5.32. The molecule has 0 spiro atoms. The molecule has 0 bridgehead atoms. The van der Waals surface area contributed by atoms with Crippen LogP contribution in [-0.2, 0) is 19.5 Å². The van der Waals surface area contributed by atoms with Gasteiger partial charge in [0.2, 0.25) is 0 Å². The molecule has 0 atom stereocenters. The smallest absolute Gasteiger partial charge is 0.252 e. The van der Waals surface area contributed by atoms with Gasteiger partial charge in [0, 0.05) is 42.0 Å². The summed E-state index contributed by atoms with van der Waals surface area (Å²) in [5.41, 5.74) is 11.6. The number of carbonyl (C=O) groups is 1. The van der Waals surface area contributed by atoms with Gasteiger partial charge < -0.3 is 30.3 Å². The Labute approximate surface area is 210 Å². The highest BCUT2D eigenvalue weighted by Crippen LogP contribution is 2.38. The minimum absolute atomic E-state index is 0.305. The number of primary amides is 1. The van der Waals surface area contributed by atoms with Crippen molar-refractivity contribution in [1.82, 2.24) is 10.3 Å². The Kier molecular flexibility index (Phi) is 8.07. The van der Waals surface area contributed by atoms with Crippen molar-refractivity contribution in [1.29, 1.82) is 0 Å². The third kappa shape index (κ3) is 5.44. The number of hydrogen-bond acceptors (Lipinski definition) is 7. The van der Waals surface area contributed by atoms with Crippen molar-refractivity contribution in [2.24, 2.45) is 5.73 Å². The quantitative estimate of drug-likeness (QED) is 0.247. The molecule has 4 rings (SSSR count). The number of furan rings is 1. The molecular formula is C28H32N4O4. The van der Waals surface area contributed by atoms with Gasteiger partial charge in [-0.2, -0.15) is 0 Å². The molecule has 0 aliphatic carbocycles. The van der Waals surface area contributed by atoms with Crippen LogP contribution in [0, 0.1) is 0 Å². The van der Waals surface area contributed by atoms with Crippen molar-refractivity contribution >= 4 is 28.2 Å². The van der Waals surface area contributed by atoms with E-state index in [0.29, 0.717) is 54.6 Å². The summed E-state index contributed by atoms with van der Waals surface area (Å²) in [7, 11) is 0. The molecule has 188 valence electrons. The average molecular weight is 489 g/mol. The van der Waals surface area contributed by atoms with Crippen LogP contribution in [0.5, 0.6) is 11.5 Å². The third-order valence-electron chi connectivity index (χ3n) is 5.91. The van der Waals surface area contributed by atoms with E-state index >= 15 is 0 Å². The van der Waals surface area contributed by atoms with Crippen molar-refractivity contribution < 1.29 is 18.7 Å². The molecule has 0 radical (unpaired) electrons. The fourth-order valence-electron chi connectivity index (χ4n) is 4.26. The lowest BCUT2D eigenvalue weighted by Gasteiger charge is -2.19. The van der Waals surface area contributed by atoms with Gasteiger partial charge in [0.05, 0.1) is 42.5 Å². The van der Waals surface area contributed by atoms with E-state index < -0.39 is 5.91 Å². The van der Waals surface area contributed by atoms with E-state index in [4.69, 9.17) is 19.6 Å². The number of fused-ring (bicyclic) bond motifs is 1. The van der Waals surface area contributed by atoms with Crippen molar-refractivity contribution in [3.05, 3.63) is 77.4 Å². The Morgan fingerprint density at radius 1 is 1.06 bits per heavy atom. The van der Waals surface area contributed by atoms with E-state index in [2.05, 4.69) is 28.6 Å². The first-order valence-corrected chi connectivity index (χ1v) is 12.2. The van der Waals surface area contributed by atoms with Crippen molar-refractivity contribution in [2.45, 2.75) is 40.3 Å². The van der Waals surface area contributed by atoms with Crippen molar-refractivity contribution in [3.63, 3.8) is 0 Å². The number of nitrogens with one attached hydrogen (secondary N) is 2. The van der Waals surface area contributed by atoms with Crippen LogP contribution >= 0.6 is 0 Å². The van der Waals surface area contributed by atoms with E-state index in [1.807, 2.05) is 44.2 Å². The first-order valence-electron chi connectivity index (χ1n) is 12.2. The van der Waals surface area contributed by atoms with Crippen LogP contribution in [-0.4, -0.2) is 24.1 Å². The number of benzene rings is 2. The molecule has 0 aliphatic rings. The van der Waals surface area contributed by atoms with E-state index in [-0.39, 0.29) is 0 Å². The summed E-state index contributed by atoms with van der Waals surface area (Å²) in [4.78, 5) is 16.9. The van der Waals surface area contributed by atoms with Gasteiger partial charge in [0.15, 0.2) is 11.5 Å². The largest absolute Gasteiger partial charge is 0.490 e. The van der Waals surface area contributed by atoms with Gasteiger partial charge >= 0.3 is 0 Å². The van der Waals surface area contributed by atoms with Gasteiger partial charge in [-0.15, -0.1) is 0 Å². The molecule has 0 unspecified atom stereocenters. The van der Waals surface area contributed by atoms with Crippen LogP contribution in [0.15, 0.2) is 59.5 Å². The first kappa shape index (κ1) is 25.1. The highest BCUT2D eigenvalue weighted by atomic mass is 16.5. The maximum absolute atomic E-state index is 12.4. The second-order valence-corrected chi connectivity index (χ2v) is 8.25. The summed E-state index contributed by atoms with van der Waals surface area (Å²) in [6.45, 7) is 8.32. The predicted molar refractivity (Wildman–Crippen MR) is 141 cm³/mol. The first-order chi connectivity index (χ1) is 17.5. The summed E-state index contributed by atoms with van der Waals surface area (Å²) in [5.74, 6) is 0.637. The average Bonchev–Trinajstić information content (AvgIpc) is 3.38. The van der Waals surface area contributed by atoms with Crippen molar-refractivity contribution in [3.8, 4) is 11.5 Å². The van der Waals surface area contributed by atoms with Gasteiger partial charge in [-0.1, -0.05) is 19.1 Å². The Morgan fingerprint density at radius 3 is 2.50 bits per heavy atom. The number of rotatable bonds is 12. The zero-order valence-electron chi connectivity index (χ0n) is 20.9. The number of anilines is 2. The monoisotopic (exact) mass is 488 g/mol. The topological polar surface area (TPSA) is 112 Å². The standard InChI is InChI=1S/C28H32N4O4/c1-4-20-19(15-30-14-18-10-11-34-17-18)8-7-9-23(20)32-27-21-12-25(35-5-2)26(36-6-3)13-24(21)31-16-22(27)28(29)33/h7-13,16-17,30H,4-6,14-15H2,1-3H3,(H2,29,33)(H,31,32). The zero-order chi connectivity index (χ0) is 25.5. The minimum Gasteiger partial charge on any atom is -0.490 e. The Hall–Kier alpha value is -4.04. The Balaban J connectivity index is 1.74. The van der Waals surface area contributed by atoms with E-state index in [1.165, 1.54) is 11.8 Å². The lowest BCUT2D eigenvalue weighted by atomic mass is 10.0. The number of nitrogens with zero attached hydrogens (tertiary/aromatic N) is 1. The minimum atomic E-state index is -0.560. The molecule has 8 nitrogen and oxygen atoms in total. The Morgan fingerprint density at radius 2 is 1.83 bits per heavy atom. The second kappa shape index (κ2) is 11.6. The number of amides is 1. The molecule has 8 heteroatoms. The SMILES string of the molecule is CCOc1cc2ncc(C(N)=O)c(Nc3cccc(CNCc4ccoc4)c3CC)c2cc1OCC. The van der Waals surface area contributed by atoms with Gasteiger partial charge in [-0.3, -0.25) is 9.78 Å². The highest BCUT2D eigenvalue weighted by Gasteiger charge is 2.18. The van der Waals surface area contributed by atoms with Crippen LogP contribution in [0.1, 0.15) is 47.8 Å². The molecule has 2 aromatic carbocycles. The number of hydrogen-bond donors (Lipinski definition) is 3. The van der Waals surface area contributed by atoms with Gasteiger partial charge in [0.1, 0.15) is 0 Å². The molecule has 0 saturated carbocycles.